The Morgan fingerprint density at radius 1 is 0.971 bits per heavy atom. The molecule has 1 heterocycles. The molecule has 1 amide bonds. The fourth-order valence-corrected chi connectivity index (χ4v) is 4.51. The van der Waals surface area contributed by atoms with Gasteiger partial charge in [0, 0.05) is 18.4 Å². The van der Waals surface area contributed by atoms with Crippen molar-refractivity contribution in [1.29, 1.82) is 0 Å². The third kappa shape index (κ3) is 5.10. The van der Waals surface area contributed by atoms with Crippen LogP contribution < -0.4 is 10.6 Å². The first-order chi connectivity index (χ1) is 16.9. The molecular formula is C28H27N3O3S. The van der Waals surface area contributed by atoms with Crippen molar-refractivity contribution in [2.75, 3.05) is 19.5 Å². The predicted octanol–water partition coefficient (Wildman–Crippen LogP) is 4.77. The van der Waals surface area contributed by atoms with E-state index in [1.54, 1.807) is 11.9 Å². The summed E-state index contributed by atoms with van der Waals surface area (Å²) in [7, 11) is 3.16. The summed E-state index contributed by atoms with van der Waals surface area (Å²) in [4.78, 5) is 27.9. The Morgan fingerprint density at radius 3 is 2.14 bits per heavy atom. The highest BCUT2D eigenvalue weighted by molar-refractivity contribution is 7.80. The number of ether oxygens (including phenoxy) is 1. The van der Waals surface area contributed by atoms with Gasteiger partial charge >= 0.3 is 5.97 Å². The molecule has 0 spiro atoms. The number of hydrogen-bond donors (Lipinski definition) is 2. The van der Waals surface area contributed by atoms with E-state index in [9.17, 15) is 9.59 Å². The van der Waals surface area contributed by atoms with E-state index < -0.39 is 17.9 Å². The van der Waals surface area contributed by atoms with E-state index >= 15 is 0 Å². The first-order valence-electron chi connectivity index (χ1n) is 11.2. The van der Waals surface area contributed by atoms with Crippen LogP contribution in [-0.4, -0.2) is 36.0 Å². The number of methoxy groups -OCH3 is 1. The molecule has 6 nitrogen and oxygen atoms in total. The molecule has 35 heavy (non-hydrogen) atoms. The summed E-state index contributed by atoms with van der Waals surface area (Å²) < 4.78 is 5.04. The predicted molar refractivity (Wildman–Crippen MR) is 141 cm³/mol. The van der Waals surface area contributed by atoms with Crippen LogP contribution in [0.15, 0.2) is 96.2 Å². The maximum atomic E-state index is 13.5. The van der Waals surface area contributed by atoms with Crippen molar-refractivity contribution in [3.63, 3.8) is 0 Å². The number of benzene rings is 3. The molecule has 1 aliphatic heterocycles. The number of hydrogen-bond acceptors (Lipinski definition) is 4. The van der Waals surface area contributed by atoms with Crippen molar-refractivity contribution >= 4 is 34.9 Å². The zero-order valence-electron chi connectivity index (χ0n) is 19.8. The number of carbonyl (C=O) groups excluding carboxylic acids is 2. The van der Waals surface area contributed by atoms with Gasteiger partial charge in [-0.15, -0.1) is 0 Å². The van der Waals surface area contributed by atoms with Crippen molar-refractivity contribution in [2.24, 2.45) is 0 Å². The van der Waals surface area contributed by atoms with Crippen molar-refractivity contribution < 1.29 is 14.3 Å². The largest absolute Gasteiger partial charge is 0.466 e. The highest BCUT2D eigenvalue weighted by Gasteiger charge is 2.33. The Kier molecular flexibility index (Phi) is 7.27. The van der Waals surface area contributed by atoms with Gasteiger partial charge < -0.3 is 20.3 Å². The van der Waals surface area contributed by atoms with E-state index in [0.29, 0.717) is 22.1 Å². The Hall–Kier alpha value is -3.97. The van der Waals surface area contributed by atoms with Gasteiger partial charge in [0.2, 0.25) is 5.91 Å². The van der Waals surface area contributed by atoms with E-state index in [1.807, 2.05) is 91.9 Å². The van der Waals surface area contributed by atoms with Crippen LogP contribution in [0.5, 0.6) is 0 Å². The van der Waals surface area contributed by atoms with Gasteiger partial charge in [0.15, 0.2) is 5.11 Å². The zero-order valence-corrected chi connectivity index (χ0v) is 20.6. The topological polar surface area (TPSA) is 70.7 Å². The highest BCUT2D eigenvalue weighted by Crippen LogP contribution is 2.32. The normalized spacial score (nSPS) is 15.6. The molecule has 1 unspecified atom stereocenters. The van der Waals surface area contributed by atoms with Crippen LogP contribution in [0.4, 0.5) is 5.69 Å². The molecule has 178 valence electrons. The smallest absolute Gasteiger partial charge is 0.337 e. The third-order valence-electron chi connectivity index (χ3n) is 6.17. The summed E-state index contributed by atoms with van der Waals surface area (Å²) >= 11 is 5.46. The molecule has 0 aliphatic carbocycles. The van der Waals surface area contributed by atoms with Crippen LogP contribution in [0.25, 0.3) is 0 Å². The Labute approximate surface area is 210 Å². The van der Waals surface area contributed by atoms with Crippen molar-refractivity contribution in [1.82, 2.24) is 10.2 Å². The Balaban J connectivity index is 1.66. The van der Waals surface area contributed by atoms with Crippen LogP contribution in [0.3, 0.4) is 0 Å². The summed E-state index contributed by atoms with van der Waals surface area (Å²) in [5.41, 5.74) is 4.40. The lowest BCUT2D eigenvalue weighted by Gasteiger charge is -2.35. The number of nitrogens with zero attached hydrogens (tertiary/aromatic N) is 1. The summed E-state index contributed by atoms with van der Waals surface area (Å²) in [6, 6.07) is 26.3. The lowest BCUT2D eigenvalue weighted by Crippen LogP contribution is -2.46. The van der Waals surface area contributed by atoms with Crippen LogP contribution in [0, 0.1) is 0 Å². The minimum absolute atomic E-state index is 0.147. The molecular weight excluding hydrogens is 458 g/mol. The molecule has 3 aromatic rings. The standard InChI is InChI=1S/C28H27N3O3S/c1-18-23(27(33)34-3)25(30-28(35)31(18)2)21-15-10-16-22(17-21)29-26(32)24(19-11-6-4-7-12-19)20-13-8-5-9-14-20/h4-17,24-25H,1-3H3,(H,29,32)(H,30,35). The first kappa shape index (κ1) is 24.2. The number of amides is 1. The minimum atomic E-state index is -0.498. The molecule has 1 aliphatic rings. The summed E-state index contributed by atoms with van der Waals surface area (Å²) in [6.45, 7) is 1.84. The van der Waals surface area contributed by atoms with Crippen molar-refractivity contribution in [3.05, 3.63) is 113 Å². The Morgan fingerprint density at radius 2 is 1.57 bits per heavy atom. The number of esters is 1. The minimum Gasteiger partial charge on any atom is -0.466 e. The maximum absolute atomic E-state index is 13.5. The van der Waals surface area contributed by atoms with Gasteiger partial charge in [-0.1, -0.05) is 72.8 Å². The molecule has 7 heteroatoms. The lowest BCUT2D eigenvalue weighted by molar-refractivity contribution is -0.136. The van der Waals surface area contributed by atoms with Gasteiger partial charge in [0.25, 0.3) is 0 Å². The number of thiocarbonyl (C=S) groups is 1. The molecule has 0 radical (unpaired) electrons. The molecule has 0 saturated heterocycles. The van der Waals surface area contributed by atoms with E-state index in [4.69, 9.17) is 17.0 Å². The highest BCUT2D eigenvalue weighted by atomic mass is 32.1. The number of nitrogens with one attached hydrogen (secondary N) is 2. The van der Waals surface area contributed by atoms with Crippen LogP contribution >= 0.6 is 12.2 Å². The fraction of sp³-hybridized carbons (Fsp3) is 0.179. The average molecular weight is 486 g/mol. The van der Waals surface area contributed by atoms with E-state index in [-0.39, 0.29) is 5.91 Å². The maximum Gasteiger partial charge on any atom is 0.337 e. The molecule has 0 bridgehead atoms. The van der Waals surface area contributed by atoms with Crippen molar-refractivity contribution in [2.45, 2.75) is 18.9 Å². The first-order valence-corrected chi connectivity index (χ1v) is 11.7. The van der Waals surface area contributed by atoms with Gasteiger partial charge in [-0.3, -0.25) is 4.79 Å². The number of anilines is 1. The second-order valence-electron chi connectivity index (χ2n) is 8.30. The fourth-order valence-electron chi connectivity index (χ4n) is 4.26. The van der Waals surface area contributed by atoms with Crippen LogP contribution in [0.1, 0.15) is 35.6 Å². The summed E-state index contributed by atoms with van der Waals surface area (Å²) in [5, 5.41) is 6.79. The average Bonchev–Trinajstić information content (AvgIpc) is 2.88. The molecule has 0 saturated carbocycles. The van der Waals surface area contributed by atoms with Crippen LogP contribution in [-0.2, 0) is 14.3 Å². The summed E-state index contributed by atoms with van der Waals surface area (Å²) in [6.07, 6.45) is 0. The second kappa shape index (κ2) is 10.5. The third-order valence-corrected chi connectivity index (χ3v) is 6.57. The number of carbonyl (C=O) groups is 2. The molecule has 3 aromatic carbocycles. The Bertz CT molecular complexity index is 1240. The molecule has 1 atom stereocenters. The van der Waals surface area contributed by atoms with Gasteiger partial charge in [-0.05, 0) is 48.0 Å². The van der Waals surface area contributed by atoms with Gasteiger partial charge in [0.1, 0.15) is 0 Å². The van der Waals surface area contributed by atoms with Gasteiger partial charge in [0.05, 0.1) is 24.6 Å². The van der Waals surface area contributed by atoms with Gasteiger partial charge in [-0.25, -0.2) is 4.79 Å². The lowest BCUT2D eigenvalue weighted by atomic mass is 9.90. The van der Waals surface area contributed by atoms with Crippen molar-refractivity contribution in [3.8, 4) is 0 Å². The monoisotopic (exact) mass is 485 g/mol. The zero-order chi connectivity index (χ0) is 24.9. The van der Waals surface area contributed by atoms with Crippen LogP contribution in [0.2, 0.25) is 0 Å². The molecule has 0 aromatic heterocycles. The molecule has 2 N–H and O–H groups in total. The molecule has 4 rings (SSSR count). The van der Waals surface area contributed by atoms with E-state index in [1.165, 1.54) is 7.11 Å². The number of allylic oxidation sites excluding steroid dienone is 1. The SMILES string of the molecule is COC(=O)C1=C(C)N(C)C(=S)NC1c1cccc(NC(=O)C(c2ccccc2)c2ccccc2)c1. The molecule has 0 fully saturated rings. The second-order valence-corrected chi connectivity index (χ2v) is 8.69. The van der Waals surface area contributed by atoms with E-state index in [0.717, 1.165) is 16.7 Å². The van der Waals surface area contributed by atoms with Gasteiger partial charge in [-0.2, -0.15) is 0 Å². The van der Waals surface area contributed by atoms with E-state index in [2.05, 4.69) is 10.6 Å². The quantitative estimate of drug-likeness (QED) is 0.387. The number of rotatable bonds is 6. The summed E-state index contributed by atoms with van der Waals surface area (Å²) in [5.74, 6) is -1.05.